The van der Waals surface area contributed by atoms with Crippen molar-refractivity contribution < 1.29 is 19.4 Å². The fourth-order valence-electron chi connectivity index (χ4n) is 1.04. The zero-order valence-corrected chi connectivity index (χ0v) is 9.49. The second kappa shape index (κ2) is 6.12. The first kappa shape index (κ1) is 12.5. The van der Waals surface area contributed by atoms with Gasteiger partial charge in [-0.1, -0.05) is 23.7 Å². The summed E-state index contributed by atoms with van der Waals surface area (Å²) in [6.45, 7) is 1.16. The Kier molecular flexibility index (Phi) is 4.79. The summed E-state index contributed by atoms with van der Waals surface area (Å²) in [6, 6.07) is 7.13. The van der Waals surface area contributed by atoms with Crippen LogP contribution < -0.4 is 0 Å². The van der Waals surface area contributed by atoms with Gasteiger partial charge in [0.25, 0.3) is 0 Å². The van der Waals surface area contributed by atoms with Crippen molar-refractivity contribution >= 4 is 23.5 Å². The Balaban J connectivity index is 2.31. The molecule has 0 bridgehead atoms. The zero-order valence-electron chi connectivity index (χ0n) is 8.73. The minimum Gasteiger partial charge on any atom is -0.248 e. The lowest BCUT2D eigenvalue weighted by Gasteiger charge is -2.01. The number of hydrogen-bond acceptors (Lipinski definition) is 4. The van der Waals surface area contributed by atoms with E-state index in [0.29, 0.717) is 11.4 Å². The van der Waals surface area contributed by atoms with Gasteiger partial charge in [-0.15, -0.1) is 0 Å². The number of benzene rings is 1. The van der Waals surface area contributed by atoms with Crippen LogP contribution in [0.5, 0.6) is 0 Å². The summed E-state index contributed by atoms with van der Waals surface area (Å²) in [6.07, 6.45) is 0.659. The highest BCUT2D eigenvalue weighted by molar-refractivity contribution is 6.30. The zero-order chi connectivity index (χ0) is 12.0. The van der Waals surface area contributed by atoms with Gasteiger partial charge in [0.2, 0.25) is 0 Å². The molecule has 0 atom stereocenters. The molecule has 0 fully saturated rings. The second-order valence-electron chi connectivity index (χ2n) is 3.16. The monoisotopic (exact) mass is 242 g/mol. The van der Waals surface area contributed by atoms with E-state index in [1.165, 1.54) is 0 Å². The van der Waals surface area contributed by atoms with Crippen LogP contribution in [0.3, 0.4) is 0 Å². The maximum Gasteiger partial charge on any atom is 0.355 e. The molecule has 5 heteroatoms. The number of halogens is 1. The van der Waals surface area contributed by atoms with Gasteiger partial charge < -0.3 is 0 Å². The fraction of sp³-hybridized carbons (Fsp3) is 0.273. The summed E-state index contributed by atoms with van der Waals surface area (Å²) in [5.74, 6) is -1.23. The van der Waals surface area contributed by atoms with Crippen molar-refractivity contribution in [3.8, 4) is 0 Å². The Morgan fingerprint density at radius 2 is 1.81 bits per heavy atom. The lowest BCUT2D eigenvalue weighted by molar-refractivity contribution is -0.257. The molecule has 0 saturated heterocycles. The normalized spacial score (nSPS) is 9.62. The smallest absolute Gasteiger partial charge is 0.248 e. The van der Waals surface area contributed by atoms with Crippen molar-refractivity contribution in [2.75, 3.05) is 0 Å². The van der Waals surface area contributed by atoms with Gasteiger partial charge in [-0.25, -0.2) is 19.4 Å². The van der Waals surface area contributed by atoms with E-state index in [4.69, 9.17) is 11.6 Å². The lowest BCUT2D eigenvalue weighted by Crippen LogP contribution is -2.09. The predicted octanol–water partition coefficient (Wildman–Crippen LogP) is 2.29. The summed E-state index contributed by atoms with van der Waals surface area (Å²) in [5, 5.41) is 0.645. The summed E-state index contributed by atoms with van der Waals surface area (Å²) in [4.78, 5) is 29.7. The van der Waals surface area contributed by atoms with Crippen LogP contribution in [0.2, 0.25) is 5.02 Å². The van der Waals surface area contributed by atoms with Gasteiger partial charge in [0.1, 0.15) is 0 Å². The van der Waals surface area contributed by atoms with E-state index in [1.807, 2.05) is 12.1 Å². The third-order valence-corrected chi connectivity index (χ3v) is 2.03. The Morgan fingerprint density at radius 3 is 2.38 bits per heavy atom. The van der Waals surface area contributed by atoms with Crippen LogP contribution in [0.25, 0.3) is 0 Å². The molecular weight excluding hydrogens is 232 g/mol. The molecule has 0 amide bonds. The molecule has 0 aromatic heterocycles. The Labute approximate surface area is 98.0 Å². The number of rotatable bonds is 3. The molecule has 0 spiro atoms. The largest absolute Gasteiger partial charge is 0.355 e. The van der Waals surface area contributed by atoms with E-state index in [2.05, 4.69) is 9.78 Å². The highest BCUT2D eigenvalue weighted by Gasteiger charge is 2.06. The standard InChI is InChI=1S/C11H11ClO4/c1-8(13)15-16-11(14)7-4-9-2-5-10(12)6-3-9/h2-3,5-6H,4,7H2,1H3. The highest BCUT2D eigenvalue weighted by atomic mass is 35.5. The van der Waals surface area contributed by atoms with Crippen LogP contribution >= 0.6 is 11.6 Å². The molecule has 0 radical (unpaired) electrons. The van der Waals surface area contributed by atoms with Crippen LogP contribution in [-0.2, 0) is 25.8 Å². The van der Waals surface area contributed by atoms with Crippen molar-refractivity contribution in [1.82, 2.24) is 0 Å². The molecule has 4 nitrogen and oxygen atoms in total. The second-order valence-corrected chi connectivity index (χ2v) is 3.59. The third kappa shape index (κ3) is 4.79. The molecule has 0 aliphatic rings. The molecule has 0 aliphatic heterocycles. The van der Waals surface area contributed by atoms with Gasteiger partial charge in [0, 0.05) is 11.9 Å². The van der Waals surface area contributed by atoms with Crippen molar-refractivity contribution in [1.29, 1.82) is 0 Å². The van der Waals surface area contributed by atoms with Crippen molar-refractivity contribution in [3.05, 3.63) is 34.9 Å². The number of carbonyl (C=O) groups excluding carboxylic acids is 2. The summed E-state index contributed by atoms with van der Waals surface area (Å²) in [5.41, 5.74) is 0.962. The van der Waals surface area contributed by atoms with Crippen LogP contribution in [0.4, 0.5) is 0 Å². The SMILES string of the molecule is CC(=O)OOC(=O)CCc1ccc(Cl)cc1. The van der Waals surface area contributed by atoms with E-state index >= 15 is 0 Å². The van der Waals surface area contributed by atoms with Crippen molar-refractivity contribution in [3.63, 3.8) is 0 Å². The molecule has 0 N–H and O–H groups in total. The van der Waals surface area contributed by atoms with Crippen LogP contribution in [-0.4, -0.2) is 11.9 Å². The molecule has 1 aromatic carbocycles. The van der Waals surface area contributed by atoms with E-state index in [-0.39, 0.29) is 6.42 Å². The molecule has 0 unspecified atom stereocenters. The first-order chi connectivity index (χ1) is 7.58. The van der Waals surface area contributed by atoms with Gasteiger partial charge in [0.15, 0.2) is 0 Å². The molecular formula is C11H11ClO4. The molecule has 86 valence electrons. The Morgan fingerprint density at radius 1 is 1.19 bits per heavy atom. The van der Waals surface area contributed by atoms with E-state index in [9.17, 15) is 9.59 Å². The summed E-state index contributed by atoms with van der Waals surface area (Å²) < 4.78 is 0. The predicted molar refractivity (Wildman–Crippen MR) is 57.6 cm³/mol. The average Bonchev–Trinajstić information content (AvgIpc) is 2.25. The van der Waals surface area contributed by atoms with Crippen molar-refractivity contribution in [2.24, 2.45) is 0 Å². The quantitative estimate of drug-likeness (QED) is 0.603. The maximum atomic E-state index is 11.1. The highest BCUT2D eigenvalue weighted by Crippen LogP contribution is 2.11. The topological polar surface area (TPSA) is 52.6 Å². The first-order valence-electron chi connectivity index (χ1n) is 4.70. The fourth-order valence-corrected chi connectivity index (χ4v) is 1.17. The molecule has 0 saturated carbocycles. The van der Waals surface area contributed by atoms with Crippen LogP contribution in [0, 0.1) is 0 Å². The minimum absolute atomic E-state index is 0.148. The molecule has 1 rings (SSSR count). The van der Waals surface area contributed by atoms with E-state index < -0.39 is 11.9 Å². The minimum atomic E-state index is -0.653. The van der Waals surface area contributed by atoms with Gasteiger partial charge >= 0.3 is 11.9 Å². The van der Waals surface area contributed by atoms with E-state index in [0.717, 1.165) is 12.5 Å². The molecule has 0 heterocycles. The molecule has 1 aromatic rings. The summed E-state index contributed by atoms with van der Waals surface area (Å²) >= 11 is 5.71. The number of carbonyl (C=O) groups is 2. The third-order valence-electron chi connectivity index (χ3n) is 1.78. The molecule has 16 heavy (non-hydrogen) atoms. The van der Waals surface area contributed by atoms with Crippen molar-refractivity contribution in [2.45, 2.75) is 19.8 Å². The Bertz CT molecular complexity index is 372. The average molecular weight is 243 g/mol. The van der Waals surface area contributed by atoms with E-state index in [1.54, 1.807) is 12.1 Å². The Hall–Kier alpha value is -1.55. The number of aryl methyl sites for hydroxylation is 1. The van der Waals surface area contributed by atoms with Gasteiger partial charge in [-0.05, 0) is 24.1 Å². The van der Waals surface area contributed by atoms with Crippen LogP contribution in [0.15, 0.2) is 24.3 Å². The van der Waals surface area contributed by atoms with Gasteiger partial charge in [-0.2, -0.15) is 0 Å². The number of hydrogen-bond donors (Lipinski definition) is 0. The van der Waals surface area contributed by atoms with Gasteiger partial charge in [-0.3, -0.25) is 0 Å². The van der Waals surface area contributed by atoms with Crippen LogP contribution in [0.1, 0.15) is 18.9 Å². The lowest BCUT2D eigenvalue weighted by atomic mass is 10.1. The molecule has 0 aliphatic carbocycles. The van der Waals surface area contributed by atoms with Gasteiger partial charge in [0.05, 0.1) is 6.42 Å². The summed E-state index contributed by atoms with van der Waals surface area (Å²) in [7, 11) is 0. The maximum absolute atomic E-state index is 11.1. The first-order valence-corrected chi connectivity index (χ1v) is 5.08.